The summed E-state index contributed by atoms with van der Waals surface area (Å²) in [5, 5.41) is 10.3. The molecule has 0 spiro atoms. The first-order valence-electron chi connectivity index (χ1n) is 6.28. The van der Waals surface area contributed by atoms with Crippen LogP contribution < -0.4 is 10.1 Å². The van der Waals surface area contributed by atoms with Crippen LogP contribution in [0, 0.1) is 0 Å². The fourth-order valence-electron chi connectivity index (χ4n) is 1.73. The van der Waals surface area contributed by atoms with E-state index < -0.39 is 0 Å². The summed E-state index contributed by atoms with van der Waals surface area (Å²) in [4.78, 5) is 0. The first-order valence-corrected chi connectivity index (χ1v) is 6.28. The number of hydrogen-bond acceptors (Lipinski definition) is 3. The number of nitrogens with one attached hydrogen (secondary N) is 2. The lowest BCUT2D eigenvalue weighted by molar-refractivity contribution is 0.317. The third kappa shape index (κ3) is 3.26. The topological polar surface area (TPSA) is 49.9 Å². The number of hydrogen-bond donors (Lipinski definition) is 2. The molecule has 0 bridgehead atoms. The number of aromatic nitrogens is 2. The average Bonchev–Trinajstić information content (AvgIpc) is 2.91. The second kappa shape index (κ2) is 6.10. The molecule has 2 rings (SSSR count). The molecule has 0 radical (unpaired) electrons. The Morgan fingerprint density at radius 1 is 1.39 bits per heavy atom. The Hall–Kier alpha value is -1.97. The van der Waals surface area contributed by atoms with Crippen LogP contribution in [0.25, 0.3) is 0 Å². The van der Waals surface area contributed by atoms with Crippen molar-refractivity contribution in [2.75, 3.05) is 11.9 Å². The minimum atomic E-state index is 0.189. The quantitative estimate of drug-likeness (QED) is 0.820. The van der Waals surface area contributed by atoms with E-state index in [0.29, 0.717) is 0 Å². The van der Waals surface area contributed by atoms with Gasteiger partial charge in [-0.2, -0.15) is 5.10 Å². The molecule has 2 N–H and O–H groups in total. The lowest BCUT2D eigenvalue weighted by Gasteiger charge is -2.14. The van der Waals surface area contributed by atoms with Gasteiger partial charge in [0.15, 0.2) is 0 Å². The van der Waals surface area contributed by atoms with E-state index in [4.69, 9.17) is 4.74 Å². The summed E-state index contributed by atoms with van der Waals surface area (Å²) in [5.74, 6) is 0.902. The molecule has 1 aromatic heterocycles. The molecule has 0 fully saturated rings. The van der Waals surface area contributed by atoms with Gasteiger partial charge in [0.1, 0.15) is 5.75 Å². The van der Waals surface area contributed by atoms with E-state index in [1.165, 1.54) is 0 Å². The smallest absolute Gasteiger partial charge is 0.121 e. The molecule has 1 heterocycles. The largest absolute Gasteiger partial charge is 0.494 e. The molecule has 0 aliphatic rings. The van der Waals surface area contributed by atoms with Crippen molar-refractivity contribution in [3.63, 3.8) is 0 Å². The Bertz CT molecular complexity index is 468. The standard InChI is InChI=1S/C14H19N3O/c1-3-9-18-13-6-4-5-12(10-13)16-11(2)14-7-8-15-17-14/h4-8,10-11,16H,3,9H2,1-2H3,(H,15,17). The zero-order chi connectivity index (χ0) is 12.8. The number of rotatable bonds is 6. The fourth-order valence-corrected chi connectivity index (χ4v) is 1.73. The van der Waals surface area contributed by atoms with Crippen molar-refractivity contribution in [3.05, 3.63) is 42.2 Å². The number of anilines is 1. The van der Waals surface area contributed by atoms with Gasteiger partial charge in [-0.05, 0) is 31.5 Å². The first kappa shape index (κ1) is 12.5. The first-order chi connectivity index (χ1) is 8.79. The van der Waals surface area contributed by atoms with Crippen LogP contribution in [-0.4, -0.2) is 16.8 Å². The molecule has 1 atom stereocenters. The van der Waals surface area contributed by atoms with Crippen molar-refractivity contribution in [1.82, 2.24) is 10.2 Å². The van der Waals surface area contributed by atoms with Gasteiger partial charge in [0, 0.05) is 18.0 Å². The highest BCUT2D eigenvalue weighted by Gasteiger charge is 2.06. The van der Waals surface area contributed by atoms with E-state index in [9.17, 15) is 0 Å². The maximum absolute atomic E-state index is 5.61. The van der Waals surface area contributed by atoms with Crippen LogP contribution in [0.15, 0.2) is 36.5 Å². The molecule has 0 saturated carbocycles. The Kier molecular flexibility index (Phi) is 4.23. The molecule has 2 aromatic rings. The SMILES string of the molecule is CCCOc1cccc(NC(C)c2ccn[nH]2)c1. The van der Waals surface area contributed by atoms with Crippen LogP contribution in [0.5, 0.6) is 5.75 Å². The molecular formula is C14H19N3O. The molecule has 0 saturated heterocycles. The van der Waals surface area contributed by atoms with Crippen molar-refractivity contribution >= 4 is 5.69 Å². The van der Waals surface area contributed by atoms with E-state index in [-0.39, 0.29) is 6.04 Å². The highest BCUT2D eigenvalue weighted by atomic mass is 16.5. The van der Waals surface area contributed by atoms with Gasteiger partial charge >= 0.3 is 0 Å². The van der Waals surface area contributed by atoms with E-state index in [2.05, 4.69) is 29.4 Å². The minimum Gasteiger partial charge on any atom is -0.494 e. The third-order valence-electron chi connectivity index (χ3n) is 2.68. The summed E-state index contributed by atoms with van der Waals surface area (Å²) < 4.78 is 5.61. The molecule has 1 aromatic carbocycles. The van der Waals surface area contributed by atoms with Crippen LogP contribution in [0.1, 0.15) is 32.0 Å². The summed E-state index contributed by atoms with van der Waals surface area (Å²) in [6.07, 6.45) is 2.77. The normalized spacial score (nSPS) is 12.1. The Labute approximate surface area is 107 Å². The molecule has 0 amide bonds. The van der Waals surface area contributed by atoms with Crippen molar-refractivity contribution < 1.29 is 4.74 Å². The molecule has 0 aliphatic carbocycles. The molecule has 96 valence electrons. The summed E-state index contributed by atoms with van der Waals surface area (Å²) >= 11 is 0. The predicted molar refractivity (Wildman–Crippen MR) is 72.9 cm³/mol. The molecule has 4 heteroatoms. The van der Waals surface area contributed by atoms with Gasteiger partial charge in [0.05, 0.1) is 18.3 Å². The van der Waals surface area contributed by atoms with Crippen LogP contribution >= 0.6 is 0 Å². The van der Waals surface area contributed by atoms with Gasteiger partial charge in [-0.1, -0.05) is 13.0 Å². The highest BCUT2D eigenvalue weighted by molar-refractivity contribution is 5.49. The molecule has 4 nitrogen and oxygen atoms in total. The van der Waals surface area contributed by atoms with E-state index in [1.54, 1.807) is 6.20 Å². The molecule has 0 aliphatic heterocycles. The second-order valence-electron chi connectivity index (χ2n) is 4.25. The van der Waals surface area contributed by atoms with E-state index >= 15 is 0 Å². The fraction of sp³-hybridized carbons (Fsp3) is 0.357. The maximum Gasteiger partial charge on any atom is 0.121 e. The second-order valence-corrected chi connectivity index (χ2v) is 4.25. The van der Waals surface area contributed by atoms with Gasteiger partial charge in [-0.15, -0.1) is 0 Å². The lowest BCUT2D eigenvalue weighted by Crippen LogP contribution is -2.07. The van der Waals surface area contributed by atoms with Gasteiger partial charge in [0.2, 0.25) is 0 Å². The third-order valence-corrected chi connectivity index (χ3v) is 2.68. The van der Waals surface area contributed by atoms with Gasteiger partial charge in [-0.3, -0.25) is 5.10 Å². The Morgan fingerprint density at radius 3 is 3.00 bits per heavy atom. The Morgan fingerprint density at radius 2 is 2.28 bits per heavy atom. The summed E-state index contributed by atoms with van der Waals surface area (Å²) in [6.45, 7) is 4.94. The van der Waals surface area contributed by atoms with Crippen LogP contribution in [0.2, 0.25) is 0 Å². The Balaban J connectivity index is 2.00. The number of ether oxygens (including phenoxy) is 1. The van der Waals surface area contributed by atoms with Gasteiger partial charge in [0.25, 0.3) is 0 Å². The highest BCUT2D eigenvalue weighted by Crippen LogP contribution is 2.21. The summed E-state index contributed by atoms with van der Waals surface area (Å²) in [7, 11) is 0. The van der Waals surface area contributed by atoms with Crippen LogP contribution in [0.4, 0.5) is 5.69 Å². The molecule has 18 heavy (non-hydrogen) atoms. The number of aromatic amines is 1. The van der Waals surface area contributed by atoms with Crippen molar-refractivity contribution in [3.8, 4) is 5.75 Å². The average molecular weight is 245 g/mol. The zero-order valence-electron chi connectivity index (χ0n) is 10.8. The minimum absolute atomic E-state index is 0.189. The van der Waals surface area contributed by atoms with Crippen molar-refractivity contribution in [2.24, 2.45) is 0 Å². The molecular weight excluding hydrogens is 226 g/mol. The number of benzene rings is 1. The predicted octanol–water partition coefficient (Wildman–Crippen LogP) is 3.37. The zero-order valence-corrected chi connectivity index (χ0v) is 10.8. The van der Waals surface area contributed by atoms with Crippen LogP contribution in [0.3, 0.4) is 0 Å². The van der Waals surface area contributed by atoms with E-state index in [0.717, 1.165) is 30.2 Å². The van der Waals surface area contributed by atoms with Crippen molar-refractivity contribution in [2.45, 2.75) is 26.3 Å². The number of nitrogens with zero attached hydrogens (tertiary/aromatic N) is 1. The monoisotopic (exact) mass is 245 g/mol. The maximum atomic E-state index is 5.61. The summed E-state index contributed by atoms with van der Waals surface area (Å²) in [6, 6.07) is 10.2. The number of H-pyrrole nitrogens is 1. The van der Waals surface area contributed by atoms with Gasteiger partial charge < -0.3 is 10.1 Å². The van der Waals surface area contributed by atoms with Crippen LogP contribution in [-0.2, 0) is 0 Å². The summed E-state index contributed by atoms with van der Waals surface area (Å²) in [5.41, 5.74) is 2.11. The van der Waals surface area contributed by atoms with E-state index in [1.807, 2.05) is 30.3 Å². The molecule has 1 unspecified atom stereocenters. The van der Waals surface area contributed by atoms with Crippen molar-refractivity contribution in [1.29, 1.82) is 0 Å². The lowest BCUT2D eigenvalue weighted by atomic mass is 10.2. The van der Waals surface area contributed by atoms with Gasteiger partial charge in [-0.25, -0.2) is 0 Å².